The molecule has 0 bridgehead atoms. The maximum absolute atomic E-state index is 12.3. The summed E-state index contributed by atoms with van der Waals surface area (Å²) < 4.78 is 0. The fourth-order valence-electron chi connectivity index (χ4n) is 2.11. The summed E-state index contributed by atoms with van der Waals surface area (Å²) in [5.41, 5.74) is 1.61. The summed E-state index contributed by atoms with van der Waals surface area (Å²) in [6, 6.07) is 11.9. The molecule has 2 N–H and O–H groups in total. The average Bonchev–Trinajstić information content (AvgIpc) is 2.88. The smallest absolute Gasteiger partial charge is 0.261 e. The molecule has 2 amide bonds. The highest BCUT2D eigenvalue weighted by Crippen LogP contribution is 2.28. The van der Waals surface area contributed by atoms with Crippen molar-refractivity contribution in [2.75, 3.05) is 11.9 Å². The van der Waals surface area contributed by atoms with E-state index in [1.54, 1.807) is 0 Å². The van der Waals surface area contributed by atoms with Crippen molar-refractivity contribution in [2.24, 2.45) is 5.41 Å². The van der Waals surface area contributed by atoms with Gasteiger partial charge in [0.2, 0.25) is 5.91 Å². The molecule has 1 heterocycles. The maximum atomic E-state index is 12.3. The van der Waals surface area contributed by atoms with Gasteiger partial charge in [0.05, 0.1) is 9.88 Å². The topological polar surface area (TPSA) is 58.2 Å². The van der Waals surface area contributed by atoms with E-state index in [1.807, 2.05) is 64.1 Å². The van der Waals surface area contributed by atoms with Gasteiger partial charge in [-0.2, -0.15) is 0 Å². The normalized spacial score (nSPS) is 11.2. The third-order valence-corrected chi connectivity index (χ3v) is 4.74. The number of hydrogen-bond acceptors (Lipinski definition) is 3. The van der Waals surface area contributed by atoms with E-state index < -0.39 is 5.41 Å². The Balaban J connectivity index is 1.94. The van der Waals surface area contributed by atoms with Crippen molar-refractivity contribution in [1.82, 2.24) is 5.32 Å². The molecule has 0 atom stereocenters. The van der Waals surface area contributed by atoms with E-state index in [4.69, 9.17) is 0 Å². The molecule has 1 aromatic heterocycles. The molecule has 4 nitrogen and oxygen atoms in total. The van der Waals surface area contributed by atoms with E-state index in [-0.39, 0.29) is 11.8 Å². The second-order valence-corrected chi connectivity index (χ2v) is 7.87. The number of thiophene rings is 1. The minimum Gasteiger partial charge on any atom is -0.351 e. The minimum absolute atomic E-state index is 0.0558. The number of nitrogens with one attached hydrogen (secondary N) is 2. The highest BCUT2D eigenvalue weighted by molar-refractivity contribution is 7.18. The second-order valence-electron chi connectivity index (χ2n) is 6.82. The van der Waals surface area contributed by atoms with Crippen molar-refractivity contribution in [2.45, 2.75) is 34.1 Å². The van der Waals surface area contributed by atoms with Crippen LogP contribution in [-0.2, 0) is 11.2 Å². The van der Waals surface area contributed by atoms with Gasteiger partial charge in [0.15, 0.2) is 0 Å². The van der Waals surface area contributed by atoms with Gasteiger partial charge in [0.1, 0.15) is 0 Å². The molecule has 0 saturated heterocycles. The van der Waals surface area contributed by atoms with Crippen LogP contribution in [0.5, 0.6) is 0 Å². The van der Waals surface area contributed by atoms with Crippen molar-refractivity contribution in [3.05, 3.63) is 52.4 Å². The number of hydrogen-bond donors (Lipinski definition) is 2. The first-order valence-corrected chi connectivity index (χ1v) is 8.83. The first kappa shape index (κ1) is 18.2. The number of carbonyl (C=O) groups excluding carboxylic acids is 2. The SMILES string of the molecule is Cc1cc(NC(=O)C(C)(C)C)sc1C(=O)NCCc1ccccc1. The number of anilines is 1. The molecule has 0 aliphatic carbocycles. The number of rotatable bonds is 5. The van der Waals surface area contributed by atoms with Crippen LogP contribution in [0, 0.1) is 12.3 Å². The van der Waals surface area contributed by atoms with Crippen LogP contribution in [0.15, 0.2) is 36.4 Å². The quantitative estimate of drug-likeness (QED) is 0.861. The van der Waals surface area contributed by atoms with Gasteiger partial charge in [-0.15, -0.1) is 11.3 Å². The zero-order valence-corrected chi connectivity index (χ0v) is 15.4. The van der Waals surface area contributed by atoms with Crippen molar-refractivity contribution in [3.8, 4) is 0 Å². The molecule has 0 radical (unpaired) electrons. The van der Waals surface area contributed by atoms with Crippen LogP contribution in [0.3, 0.4) is 0 Å². The summed E-state index contributed by atoms with van der Waals surface area (Å²) in [5.74, 6) is -0.149. The molecule has 0 aliphatic rings. The lowest BCUT2D eigenvalue weighted by molar-refractivity contribution is -0.123. The first-order chi connectivity index (χ1) is 11.3. The van der Waals surface area contributed by atoms with Gasteiger partial charge in [0, 0.05) is 12.0 Å². The Morgan fingerprint density at radius 2 is 1.79 bits per heavy atom. The Morgan fingerprint density at radius 3 is 2.42 bits per heavy atom. The van der Waals surface area contributed by atoms with E-state index in [2.05, 4.69) is 10.6 Å². The Labute approximate surface area is 147 Å². The highest BCUT2D eigenvalue weighted by Gasteiger charge is 2.22. The molecule has 0 unspecified atom stereocenters. The molecule has 1 aromatic carbocycles. The van der Waals surface area contributed by atoms with Crippen molar-refractivity contribution in [1.29, 1.82) is 0 Å². The van der Waals surface area contributed by atoms with Crippen LogP contribution in [0.4, 0.5) is 5.00 Å². The molecule has 24 heavy (non-hydrogen) atoms. The van der Waals surface area contributed by atoms with Gasteiger partial charge in [-0.1, -0.05) is 51.1 Å². The van der Waals surface area contributed by atoms with Crippen LogP contribution in [0.1, 0.15) is 41.6 Å². The number of carbonyl (C=O) groups is 2. The highest BCUT2D eigenvalue weighted by atomic mass is 32.1. The molecule has 0 saturated carbocycles. The summed E-state index contributed by atoms with van der Waals surface area (Å²) in [4.78, 5) is 25.0. The third kappa shape index (κ3) is 4.93. The van der Waals surface area contributed by atoms with Crippen molar-refractivity contribution in [3.63, 3.8) is 0 Å². The van der Waals surface area contributed by atoms with Gasteiger partial charge in [-0.25, -0.2) is 0 Å². The van der Waals surface area contributed by atoms with Gasteiger partial charge >= 0.3 is 0 Å². The summed E-state index contributed by atoms with van der Waals surface area (Å²) in [6.07, 6.45) is 0.796. The molecule has 2 rings (SSSR count). The van der Waals surface area contributed by atoms with Crippen LogP contribution >= 0.6 is 11.3 Å². The van der Waals surface area contributed by atoms with E-state index in [0.717, 1.165) is 12.0 Å². The lowest BCUT2D eigenvalue weighted by atomic mass is 9.96. The van der Waals surface area contributed by atoms with Crippen molar-refractivity contribution < 1.29 is 9.59 Å². The fourth-order valence-corrected chi connectivity index (χ4v) is 3.10. The summed E-state index contributed by atoms with van der Waals surface area (Å²) in [7, 11) is 0. The van der Waals surface area contributed by atoms with Crippen LogP contribution in [0.25, 0.3) is 0 Å². The zero-order valence-electron chi connectivity index (χ0n) is 14.6. The molecule has 128 valence electrons. The molecule has 5 heteroatoms. The van der Waals surface area contributed by atoms with Gasteiger partial charge in [-0.05, 0) is 30.5 Å². The van der Waals surface area contributed by atoms with Gasteiger partial charge in [0.25, 0.3) is 5.91 Å². The van der Waals surface area contributed by atoms with E-state index in [9.17, 15) is 9.59 Å². The summed E-state index contributed by atoms with van der Waals surface area (Å²) >= 11 is 1.31. The summed E-state index contributed by atoms with van der Waals surface area (Å²) in [6.45, 7) is 8.05. The Hall–Kier alpha value is -2.14. The van der Waals surface area contributed by atoms with Gasteiger partial charge in [-0.3, -0.25) is 9.59 Å². The first-order valence-electron chi connectivity index (χ1n) is 8.01. The standard InChI is InChI=1S/C19H24N2O2S/c1-13-12-15(21-18(23)19(2,3)4)24-16(13)17(22)20-11-10-14-8-6-5-7-9-14/h5-9,12H,10-11H2,1-4H3,(H,20,22)(H,21,23). The molecule has 2 aromatic rings. The average molecular weight is 344 g/mol. The number of benzene rings is 1. The monoisotopic (exact) mass is 344 g/mol. The molecular formula is C19H24N2O2S. The van der Waals surface area contributed by atoms with E-state index in [1.165, 1.54) is 16.9 Å². The fraction of sp³-hybridized carbons (Fsp3) is 0.368. The van der Waals surface area contributed by atoms with E-state index >= 15 is 0 Å². The molecule has 0 fully saturated rings. The zero-order chi connectivity index (χ0) is 17.7. The van der Waals surface area contributed by atoms with Crippen molar-refractivity contribution >= 4 is 28.2 Å². The van der Waals surface area contributed by atoms with Gasteiger partial charge < -0.3 is 10.6 Å². The Morgan fingerprint density at radius 1 is 1.12 bits per heavy atom. The Kier molecular flexibility index (Phi) is 5.78. The Bertz CT molecular complexity index is 715. The van der Waals surface area contributed by atoms with E-state index in [0.29, 0.717) is 16.4 Å². The summed E-state index contributed by atoms with van der Waals surface area (Å²) in [5, 5.41) is 6.53. The maximum Gasteiger partial charge on any atom is 0.261 e. The van der Waals surface area contributed by atoms with Crippen LogP contribution in [0.2, 0.25) is 0 Å². The second kappa shape index (κ2) is 7.62. The molecule has 0 aliphatic heterocycles. The van der Waals surface area contributed by atoms with Crippen LogP contribution in [-0.4, -0.2) is 18.4 Å². The predicted octanol–water partition coefficient (Wildman–Crippen LogP) is 4.01. The largest absolute Gasteiger partial charge is 0.351 e. The van der Waals surface area contributed by atoms with Crippen LogP contribution < -0.4 is 10.6 Å². The molecular weight excluding hydrogens is 320 g/mol. The lowest BCUT2D eigenvalue weighted by Gasteiger charge is -2.16. The molecule has 0 spiro atoms. The number of amides is 2. The minimum atomic E-state index is -0.462. The third-order valence-electron chi connectivity index (χ3n) is 3.58. The predicted molar refractivity (Wildman–Crippen MR) is 99.6 cm³/mol. The number of aryl methyl sites for hydroxylation is 1. The lowest BCUT2D eigenvalue weighted by Crippen LogP contribution is -2.27.